The first-order valence-corrected chi connectivity index (χ1v) is 9.37. The van der Waals surface area contributed by atoms with Crippen LogP contribution in [-0.4, -0.2) is 0 Å². The Hall–Kier alpha value is -2.07. The summed E-state index contributed by atoms with van der Waals surface area (Å²) in [6, 6.07) is 20.1. The Labute approximate surface area is 168 Å². The summed E-state index contributed by atoms with van der Waals surface area (Å²) in [7, 11) is 0. The SMILES string of the molecule is O=c1oc2ccc(Br)cc2c(-c2ccccc2Cl)c1-c1ccccc1Cl. The number of rotatable bonds is 2. The molecule has 0 bridgehead atoms. The Bertz CT molecular complexity index is 1200. The van der Waals surface area contributed by atoms with Crippen LogP contribution in [0, 0.1) is 0 Å². The van der Waals surface area contributed by atoms with Gasteiger partial charge in [0.2, 0.25) is 0 Å². The third-order valence-corrected chi connectivity index (χ3v) is 5.31. The molecule has 0 amide bonds. The van der Waals surface area contributed by atoms with E-state index in [1.807, 2.05) is 42.5 Å². The first-order valence-electron chi connectivity index (χ1n) is 7.82. The third-order valence-electron chi connectivity index (χ3n) is 4.15. The van der Waals surface area contributed by atoms with Gasteiger partial charge in [0, 0.05) is 36.6 Å². The summed E-state index contributed by atoms with van der Waals surface area (Å²) >= 11 is 16.4. The second kappa shape index (κ2) is 6.92. The van der Waals surface area contributed by atoms with E-state index in [0.717, 1.165) is 15.4 Å². The maximum Gasteiger partial charge on any atom is 0.344 e. The van der Waals surface area contributed by atoms with E-state index in [-0.39, 0.29) is 0 Å². The van der Waals surface area contributed by atoms with Crippen molar-refractivity contribution in [2.24, 2.45) is 0 Å². The second-order valence-corrected chi connectivity index (χ2v) is 7.47. The van der Waals surface area contributed by atoms with Crippen molar-refractivity contribution in [3.05, 3.63) is 91.7 Å². The predicted molar refractivity (Wildman–Crippen MR) is 111 cm³/mol. The lowest BCUT2D eigenvalue weighted by Gasteiger charge is -2.14. The van der Waals surface area contributed by atoms with Gasteiger partial charge in [-0.1, -0.05) is 75.5 Å². The van der Waals surface area contributed by atoms with Crippen molar-refractivity contribution < 1.29 is 4.42 Å². The average molecular weight is 446 g/mol. The zero-order chi connectivity index (χ0) is 18.3. The van der Waals surface area contributed by atoms with Crippen molar-refractivity contribution in [2.45, 2.75) is 0 Å². The molecule has 4 rings (SSSR count). The highest BCUT2D eigenvalue weighted by atomic mass is 79.9. The standard InChI is InChI=1S/C21H11BrCl2O2/c22-12-9-10-18-15(11-12)19(13-5-1-3-7-16(13)23)20(21(25)26-18)14-6-2-4-8-17(14)24/h1-11H. The lowest BCUT2D eigenvalue weighted by atomic mass is 9.93. The van der Waals surface area contributed by atoms with Gasteiger partial charge >= 0.3 is 5.63 Å². The first-order chi connectivity index (χ1) is 12.6. The van der Waals surface area contributed by atoms with Crippen LogP contribution in [0.1, 0.15) is 0 Å². The van der Waals surface area contributed by atoms with Crippen LogP contribution in [0.3, 0.4) is 0 Å². The number of hydrogen-bond acceptors (Lipinski definition) is 2. The van der Waals surface area contributed by atoms with Gasteiger partial charge in [0.1, 0.15) is 5.58 Å². The molecule has 0 fully saturated rings. The molecule has 0 radical (unpaired) electrons. The fraction of sp³-hybridized carbons (Fsp3) is 0. The van der Waals surface area contributed by atoms with E-state index in [4.69, 9.17) is 27.6 Å². The molecule has 0 unspecified atom stereocenters. The number of fused-ring (bicyclic) bond motifs is 1. The molecule has 1 heterocycles. The molecule has 0 aliphatic heterocycles. The van der Waals surface area contributed by atoms with Gasteiger partial charge in [-0.3, -0.25) is 0 Å². The zero-order valence-electron chi connectivity index (χ0n) is 13.3. The third kappa shape index (κ3) is 2.96. The molecule has 0 N–H and O–H groups in total. The summed E-state index contributed by atoms with van der Waals surface area (Å²) < 4.78 is 6.45. The van der Waals surface area contributed by atoms with Crippen molar-refractivity contribution in [3.8, 4) is 22.3 Å². The minimum absolute atomic E-state index is 0.398. The van der Waals surface area contributed by atoms with Gasteiger partial charge in [-0.25, -0.2) is 4.79 Å². The summed E-state index contributed by atoms with van der Waals surface area (Å²) in [5.74, 6) is 0. The Morgan fingerprint density at radius 1 is 0.769 bits per heavy atom. The van der Waals surface area contributed by atoms with Gasteiger partial charge in [0.05, 0.1) is 5.56 Å². The lowest BCUT2D eigenvalue weighted by molar-refractivity contribution is 0.564. The van der Waals surface area contributed by atoms with Gasteiger partial charge in [-0.2, -0.15) is 0 Å². The number of hydrogen-bond donors (Lipinski definition) is 0. The Morgan fingerprint density at radius 3 is 1.96 bits per heavy atom. The molecule has 4 aromatic rings. The van der Waals surface area contributed by atoms with Crippen molar-refractivity contribution in [1.29, 1.82) is 0 Å². The first kappa shape index (κ1) is 17.3. The normalized spacial score (nSPS) is 11.0. The van der Waals surface area contributed by atoms with Gasteiger partial charge in [0.15, 0.2) is 0 Å². The summed E-state index contributed by atoms with van der Waals surface area (Å²) in [5, 5.41) is 1.80. The molecule has 0 aliphatic rings. The van der Waals surface area contributed by atoms with E-state index in [2.05, 4.69) is 15.9 Å². The van der Waals surface area contributed by atoms with E-state index in [1.165, 1.54) is 0 Å². The summed E-state index contributed by atoms with van der Waals surface area (Å²) in [6.07, 6.45) is 0. The van der Waals surface area contributed by atoms with Crippen molar-refractivity contribution in [3.63, 3.8) is 0 Å². The molecule has 0 aliphatic carbocycles. The van der Waals surface area contributed by atoms with Crippen LogP contribution in [0.5, 0.6) is 0 Å². The topological polar surface area (TPSA) is 30.2 Å². The van der Waals surface area contributed by atoms with Crippen LogP contribution in [-0.2, 0) is 0 Å². The minimum atomic E-state index is -0.456. The summed E-state index contributed by atoms with van der Waals surface area (Å²) in [4.78, 5) is 12.9. The van der Waals surface area contributed by atoms with Crippen LogP contribution < -0.4 is 5.63 Å². The molecule has 0 saturated heterocycles. The fourth-order valence-electron chi connectivity index (χ4n) is 3.03. The highest BCUT2D eigenvalue weighted by Crippen LogP contribution is 2.41. The maximum absolute atomic E-state index is 12.9. The lowest BCUT2D eigenvalue weighted by Crippen LogP contribution is -2.06. The zero-order valence-corrected chi connectivity index (χ0v) is 16.4. The minimum Gasteiger partial charge on any atom is -0.422 e. The highest BCUT2D eigenvalue weighted by Gasteiger charge is 2.21. The molecule has 5 heteroatoms. The largest absolute Gasteiger partial charge is 0.422 e. The Morgan fingerprint density at radius 2 is 1.35 bits per heavy atom. The monoisotopic (exact) mass is 444 g/mol. The van der Waals surface area contributed by atoms with Gasteiger partial charge in [0.25, 0.3) is 0 Å². The molecular formula is C21H11BrCl2O2. The Balaban J connectivity index is 2.24. The van der Waals surface area contributed by atoms with Crippen LogP contribution in [0.2, 0.25) is 10.0 Å². The van der Waals surface area contributed by atoms with Crippen LogP contribution in [0.4, 0.5) is 0 Å². The smallest absolute Gasteiger partial charge is 0.344 e. The molecule has 1 aromatic heterocycles. The molecule has 128 valence electrons. The van der Waals surface area contributed by atoms with E-state index in [9.17, 15) is 4.79 Å². The van der Waals surface area contributed by atoms with E-state index in [1.54, 1.807) is 24.3 Å². The summed E-state index contributed by atoms with van der Waals surface area (Å²) in [6.45, 7) is 0. The van der Waals surface area contributed by atoms with E-state index >= 15 is 0 Å². The van der Waals surface area contributed by atoms with Crippen LogP contribution in [0.15, 0.2) is 80.4 Å². The van der Waals surface area contributed by atoms with Gasteiger partial charge < -0.3 is 4.42 Å². The van der Waals surface area contributed by atoms with Gasteiger partial charge in [-0.15, -0.1) is 0 Å². The highest BCUT2D eigenvalue weighted by molar-refractivity contribution is 9.10. The average Bonchev–Trinajstić information content (AvgIpc) is 2.63. The molecule has 26 heavy (non-hydrogen) atoms. The summed E-state index contributed by atoms with van der Waals surface area (Å²) in [5.41, 5.74) is 2.50. The molecule has 3 aromatic carbocycles. The molecule has 0 atom stereocenters. The number of benzene rings is 3. The molecule has 0 saturated carbocycles. The molecule has 2 nitrogen and oxygen atoms in total. The van der Waals surface area contributed by atoms with Crippen LogP contribution >= 0.6 is 39.1 Å². The predicted octanol–water partition coefficient (Wildman–Crippen LogP) is 7.20. The van der Waals surface area contributed by atoms with Crippen LogP contribution in [0.25, 0.3) is 33.2 Å². The Kier molecular flexibility index (Phi) is 4.62. The van der Waals surface area contributed by atoms with E-state index < -0.39 is 5.63 Å². The quantitative estimate of drug-likeness (QED) is 0.305. The molecular weight excluding hydrogens is 435 g/mol. The van der Waals surface area contributed by atoms with Gasteiger partial charge in [-0.05, 0) is 30.3 Å². The van der Waals surface area contributed by atoms with Crippen molar-refractivity contribution in [2.75, 3.05) is 0 Å². The maximum atomic E-state index is 12.9. The van der Waals surface area contributed by atoms with Crippen molar-refractivity contribution >= 4 is 50.1 Å². The second-order valence-electron chi connectivity index (χ2n) is 5.74. The van der Waals surface area contributed by atoms with E-state index in [0.29, 0.717) is 32.3 Å². The fourth-order valence-corrected chi connectivity index (χ4v) is 3.85. The van der Waals surface area contributed by atoms with Crippen molar-refractivity contribution in [1.82, 2.24) is 0 Å². The molecule has 0 spiro atoms. The number of halogens is 3.